The summed E-state index contributed by atoms with van der Waals surface area (Å²) in [5.41, 5.74) is 2.05. The highest BCUT2D eigenvalue weighted by Crippen LogP contribution is 2.14. The number of thiazole rings is 1. The fourth-order valence-electron chi connectivity index (χ4n) is 1.98. The average molecular weight is 324 g/mol. The maximum absolute atomic E-state index is 12.3. The van der Waals surface area contributed by atoms with Gasteiger partial charge in [-0.3, -0.25) is 0 Å². The quantitative estimate of drug-likeness (QED) is 0.887. The largest absolute Gasteiger partial charge is 0.307 e. The first kappa shape index (κ1) is 16.1. The van der Waals surface area contributed by atoms with Crippen LogP contribution in [0, 0.1) is 13.8 Å². The first-order valence-electron chi connectivity index (χ1n) is 6.80. The molecule has 0 radical (unpaired) electrons. The Kier molecular flexibility index (Phi) is 5.13. The molecule has 0 aliphatic heterocycles. The van der Waals surface area contributed by atoms with Crippen molar-refractivity contribution in [3.05, 3.63) is 45.9 Å². The minimum Gasteiger partial charge on any atom is -0.307 e. The van der Waals surface area contributed by atoms with Gasteiger partial charge in [-0.2, -0.15) is 0 Å². The van der Waals surface area contributed by atoms with Gasteiger partial charge in [0.25, 0.3) is 0 Å². The number of benzene rings is 1. The van der Waals surface area contributed by atoms with Crippen LogP contribution in [0.15, 0.2) is 34.5 Å². The maximum Gasteiger partial charge on any atom is 0.179 e. The Balaban J connectivity index is 1.94. The van der Waals surface area contributed by atoms with Gasteiger partial charge in [0.15, 0.2) is 9.84 Å². The predicted molar refractivity (Wildman–Crippen MR) is 86.4 cm³/mol. The number of nitrogens with one attached hydrogen (secondary N) is 1. The van der Waals surface area contributed by atoms with Gasteiger partial charge in [0.2, 0.25) is 0 Å². The molecule has 2 rings (SSSR count). The van der Waals surface area contributed by atoms with E-state index in [1.165, 1.54) is 0 Å². The van der Waals surface area contributed by atoms with Crippen LogP contribution in [0.5, 0.6) is 0 Å². The van der Waals surface area contributed by atoms with Crippen LogP contribution in [0.2, 0.25) is 0 Å². The van der Waals surface area contributed by atoms with E-state index in [9.17, 15) is 8.42 Å². The summed E-state index contributed by atoms with van der Waals surface area (Å²) in [5, 5.41) is 6.19. The van der Waals surface area contributed by atoms with Crippen LogP contribution in [-0.2, 0) is 16.4 Å². The fraction of sp³-hybridized carbons (Fsp3) is 0.400. The third kappa shape index (κ3) is 4.62. The van der Waals surface area contributed by atoms with Crippen molar-refractivity contribution < 1.29 is 8.42 Å². The highest BCUT2D eigenvalue weighted by atomic mass is 32.2. The van der Waals surface area contributed by atoms with Crippen molar-refractivity contribution >= 4 is 21.2 Å². The number of nitrogens with zero attached hydrogens (tertiary/aromatic N) is 1. The van der Waals surface area contributed by atoms with Gasteiger partial charge in [-0.1, -0.05) is 17.7 Å². The van der Waals surface area contributed by atoms with Gasteiger partial charge < -0.3 is 5.32 Å². The number of hydrogen-bond acceptors (Lipinski definition) is 5. The normalized spacial score (nSPS) is 13.3. The molecule has 1 aromatic heterocycles. The van der Waals surface area contributed by atoms with E-state index in [4.69, 9.17) is 0 Å². The van der Waals surface area contributed by atoms with Crippen LogP contribution in [0.25, 0.3) is 0 Å². The molecule has 1 atom stereocenters. The molecule has 0 fully saturated rings. The Hall–Kier alpha value is -1.24. The Morgan fingerprint density at radius 3 is 2.48 bits per heavy atom. The van der Waals surface area contributed by atoms with E-state index in [0.29, 0.717) is 11.4 Å². The van der Waals surface area contributed by atoms with Gasteiger partial charge in [0.05, 0.1) is 10.6 Å². The zero-order chi connectivity index (χ0) is 15.5. The second-order valence-electron chi connectivity index (χ2n) is 5.26. The minimum atomic E-state index is -3.25. The predicted octanol–water partition coefficient (Wildman–Crippen LogP) is 2.71. The van der Waals surface area contributed by atoms with Crippen molar-refractivity contribution in [1.82, 2.24) is 10.3 Å². The van der Waals surface area contributed by atoms with Gasteiger partial charge in [-0.05, 0) is 32.9 Å². The van der Waals surface area contributed by atoms with Crippen LogP contribution >= 0.6 is 11.3 Å². The summed E-state index contributed by atoms with van der Waals surface area (Å²) < 4.78 is 24.6. The Bertz CT molecular complexity index is 691. The maximum atomic E-state index is 12.3. The molecule has 0 amide bonds. The van der Waals surface area contributed by atoms with E-state index in [1.54, 1.807) is 23.5 Å². The van der Waals surface area contributed by atoms with Crippen LogP contribution in [0.1, 0.15) is 23.2 Å². The lowest BCUT2D eigenvalue weighted by atomic mass is 10.2. The number of sulfone groups is 1. The SMILES string of the molecule is Cc1ccc(S(=O)(=O)CC(C)NCc2nc(C)cs2)cc1. The summed E-state index contributed by atoms with van der Waals surface area (Å²) in [6.07, 6.45) is 0. The average Bonchev–Trinajstić information content (AvgIpc) is 2.82. The molecule has 4 nitrogen and oxygen atoms in total. The van der Waals surface area contributed by atoms with Gasteiger partial charge >= 0.3 is 0 Å². The summed E-state index contributed by atoms with van der Waals surface area (Å²) in [6, 6.07) is 6.86. The molecule has 2 aromatic rings. The first-order valence-corrected chi connectivity index (χ1v) is 9.34. The van der Waals surface area contributed by atoms with E-state index in [0.717, 1.165) is 16.3 Å². The molecule has 1 aromatic carbocycles. The van der Waals surface area contributed by atoms with Gasteiger partial charge in [-0.25, -0.2) is 13.4 Å². The molecule has 1 unspecified atom stereocenters. The van der Waals surface area contributed by atoms with Crippen LogP contribution in [-0.4, -0.2) is 25.2 Å². The zero-order valence-corrected chi connectivity index (χ0v) is 14.1. The summed E-state index contributed by atoms with van der Waals surface area (Å²) in [4.78, 5) is 4.73. The van der Waals surface area contributed by atoms with Crippen molar-refractivity contribution in [3.8, 4) is 0 Å². The molecule has 0 bridgehead atoms. The number of rotatable bonds is 6. The van der Waals surface area contributed by atoms with Crippen LogP contribution in [0.4, 0.5) is 0 Å². The fourth-order valence-corrected chi connectivity index (χ4v) is 4.22. The van der Waals surface area contributed by atoms with Gasteiger partial charge in [0.1, 0.15) is 5.01 Å². The molecule has 0 aliphatic carbocycles. The summed E-state index contributed by atoms with van der Waals surface area (Å²) in [7, 11) is -3.25. The molecular formula is C15H20N2O2S2. The summed E-state index contributed by atoms with van der Waals surface area (Å²) in [5.74, 6) is 0.0837. The van der Waals surface area contributed by atoms with Gasteiger partial charge in [-0.15, -0.1) is 11.3 Å². The third-order valence-corrected chi connectivity index (χ3v) is 6.01. The Morgan fingerprint density at radius 2 is 1.90 bits per heavy atom. The topological polar surface area (TPSA) is 59.1 Å². The van der Waals surface area contributed by atoms with Crippen molar-refractivity contribution in [2.24, 2.45) is 0 Å². The first-order chi connectivity index (χ1) is 9.87. The highest BCUT2D eigenvalue weighted by Gasteiger charge is 2.18. The molecule has 0 aliphatic rings. The summed E-state index contributed by atoms with van der Waals surface area (Å²) >= 11 is 1.58. The molecule has 1 N–H and O–H groups in total. The monoisotopic (exact) mass is 324 g/mol. The Labute approximate surface area is 130 Å². The molecular weight excluding hydrogens is 304 g/mol. The smallest absolute Gasteiger partial charge is 0.179 e. The highest BCUT2D eigenvalue weighted by molar-refractivity contribution is 7.91. The lowest BCUT2D eigenvalue weighted by molar-refractivity contribution is 0.555. The van der Waals surface area contributed by atoms with E-state index in [2.05, 4.69) is 10.3 Å². The van der Waals surface area contributed by atoms with Crippen LogP contribution < -0.4 is 5.32 Å². The van der Waals surface area contributed by atoms with E-state index in [-0.39, 0.29) is 11.8 Å². The van der Waals surface area contributed by atoms with Crippen molar-refractivity contribution in [3.63, 3.8) is 0 Å². The molecule has 0 spiro atoms. The summed E-state index contributed by atoms with van der Waals surface area (Å²) in [6.45, 7) is 6.37. The van der Waals surface area contributed by atoms with Gasteiger partial charge in [0, 0.05) is 23.7 Å². The van der Waals surface area contributed by atoms with E-state index < -0.39 is 9.84 Å². The van der Waals surface area contributed by atoms with Crippen molar-refractivity contribution in [2.75, 3.05) is 5.75 Å². The zero-order valence-electron chi connectivity index (χ0n) is 12.5. The van der Waals surface area contributed by atoms with Crippen LogP contribution in [0.3, 0.4) is 0 Å². The molecule has 1 heterocycles. The second-order valence-corrected chi connectivity index (χ2v) is 8.24. The van der Waals surface area contributed by atoms with Crippen molar-refractivity contribution in [2.45, 2.75) is 38.3 Å². The molecule has 6 heteroatoms. The standard InChI is InChI=1S/C15H20N2O2S2/c1-11-4-6-14(7-5-11)21(18,19)10-13(3)16-8-15-17-12(2)9-20-15/h4-7,9,13,16H,8,10H2,1-3H3. The number of hydrogen-bond donors (Lipinski definition) is 1. The number of aryl methyl sites for hydroxylation is 2. The Morgan fingerprint density at radius 1 is 1.24 bits per heavy atom. The molecule has 0 saturated heterocycles. The lowest BCUT2D eigenvalue weighted by Crippen LogP contribution is -2.32. The molecule has 114 valence electrons. The minimum absolute atomic E-state index is 0.0837. The van der Waals surface area contributed by atoms with E-state index >= 15 is 0 Å². The van der Waals surface area contributed by atoms with Crippen molar-refractivity contribution in [1.29, 1.82) is 0 Å². The molecule has 21 heavy (non-hydrogen) atoms. The lowest BCUT2D eigenvalue weighted by Gasteiger charge is -2.13. The van der Waals surface area contributed by atoms with E-state index in [1.807, 2.05) is 38.3 Å². The molecule has 0 saturated carbocycles. The number of aromatic nitrogens is 1. The third-order valence-electron chi connectivity index (χ3n) is 3.12. The second kappa shape index (κ2) is 6.68.